The van der Waals surface area contributed by atoms with E-state index in [1.807, 2.05) is 0 Å². The number of benzene rings is 3. The first-order valence-electron chi connectivity index (χ1n) is 10.0. The second-order valence-corrected chi connectivity index (χ2v) is 8.81. The van der Waals surface area contributed by atoms with Gasteiger partial charge in [0.25, 0.3) is 11.8 Å². The molecule has 0 N–H and O–H groups in total. The van der Waals surface area contributed by atoms with Gasteiger partial charge < -0.3 is 9.15 Å². The number of fused-ring (bicyclic) bond motifs is 2. The summed E-state index contributed by atoms with van der Waals surface area (Å²) in [5, 5.41) is 0.433. The molecular weight excluding hydrogens is 526 g/mol. The predicted octanol–water partition coefficient (Wildman–Crippen LogP) is 5.08. The summed E-state index contributed by atoms with van der Waals surface area (Å²) in [6, 6.07) is 17.8. The summed E-state index contributed by atoms with van der Waals surface area (Å²) < 4.78 is 11.9. The third kappa shape index (κ3) is 3.81. The van der Waals surface area contributed by atoms with Crippen LogP contribution in [0.15, 0.2) is 80.4 Å². The molecule has 1 aliphatic heterocycles. The van der Waals surface area contributed by atoms with Crippen molar-refractivity contribution in [3.8, 4) is 17.1 Å². The number of nitrogens with zero attached hydrogens (tertiary/aromatic N) is 1. The van der Waals surface area contributed by atoms with E-state index in [9.17, 15) is 19.2 Å². The number of esters is 1. The van der Waals surface area contributed by atoms with E-state index >= 15 is 0 Å². The molecule has 7 nitrogen and oxygen atoms in total. The summed E-state index contributed by atoms with van der Waals surface area (Å²) in [5.74, 6) is -2.53. The molecule has 0 saturated carbocycles. The molecule has 2 heterocycles. The van der Waals surface area contributed by atoms with Gasteiger partial charge in [-0.1, -0.05) is 57.9 Å². The highest BCUT2D eigenvalue weighted by atomic mass is 79.9. The lowest BCUT2D eigenvalue weighted by atomic mass is 10.1. The Morgan fingerprint density at radius 1 is 0.941 bits per heavy atom. The first kappa shape index (κ1) is 22.1. The lowest BCUT2D eigenvalue weighted by Crippen LogP contribution is -2.37. The molecule has 0 aliphatic carbocycles. The summed E-state index contributed by atoms with van der Waals surface area (Å²) in [5.41, 5.74) is 0.522. The minimum Gasteiger partial charge on any atom is -0.452 e. The molecule has 168 valence electrons. The summed E-state index contributed by atoms with van der Waals surface area (Å²) in [6.07, 6.45) is 0. The summed E-state index contributed by atoms with van der Waals surface area (Å²) >= 11 is 9.30. The van der Waals surface area contributed by atoms with Gasteiger partial charge in [0.05, 0.1) is 16.5 Å². The molecule has 0 bridgehead atoms. The van der Waals surface area contributed by atoms with Crippen molar-refractivity contribution in [2.75, 3.05) is 6.54 Å². The van der Waals surface area contributed by atoms with Crippen LogP contribution in [-0.2, 0) is 4.79 Å². The van der Waals surface area contributed by atoms with Gasteiger partial charge >= 0.3 is 5.97 Å². The molecule has 0 unspecified atom stereocenters. The number of rotatable bonds is 4. The van der Waals surface area contributed by atoms with Crippen LogP contribution in [0.5, 0.6) is 5.75 Å². The Bertz CT molecular complexity index is 1560. The Labute approximate surface area is 205 Å². The normalized spacial score (nSPS) is 12.8. The SMILES string of the molecule is O=C(CN1C(=O)c2ccc(Br)cc2C1=O)Oc1c(-c2ccccc2)oc2ccc(Cl)cc2c1=O. The number of amides is 2. The molecule has 3 aromatic carbocycles. The Morgan fingerprint density at radius 2 is 1.68 bits per heavy atom. The van der Waals surface area contributed by atoms with Crippen molar-refractivity contribution >= 4 is 56.3 Å². The molecule has 9 heteroatoms. The zero-order valence-electron chi connectivity index (χ0n) is 17.2. The van der Waals surface area contributed by atoms with Gasteiger partial charge in [-0.15, -0.1) is 0 Å². The number of ether oxygens (including phenoxy) is 1. The average Bonchev–Trinajstić information content (AvgIpc) is 3.05. The Balaban J connectivity index is 1.52. The van der Waals surface area contributed by atoms with E-state index in [2.05, 4.69) is 15.9 Å². The van der Waals surface area contributed by atoms with Crippen LogP contribution in [-0.4, -0.2) is 29.2 Å². The highest BCUT2D eigenvalue weighted by Gasteiger charge is 2.37. The van der Waals surface area contributed by atoms with Crippen molar-refractivity contribution in [1.29, 1.82) is 0 Å². The zero-order valence-corrected chi connectivity index (χ0v) is 19.6. The van der Waals surface area contributed by atoms with Crippen molar-refractivity contribution in [3.63, 3.8) is 0 Å². The fourth-order valence-corrected chi connectivity index (χ4v) is 4.24. The van der Waals surface area contributed by atoms with Crippen LogP contribution in [0.25, 0.3) is 22.3 Å². The van der Waals surface area contributed by atoms with Gasteiger partial charge in [0.15, 0.2) is 5.76 Å². The van der Waals surface area contributed by atoms with E-state index in [1.54, 1.807) is 48.5 Å². The van der Waals surface area contributed by atoms with Gasteiger partial charge in [0.2, 0.25) is 11.2 Å². The molecular formula is C25H13BrClNO6. The highest BCUT2D eigenvalue weighted by molar-refractivity contribution is 9.10. The third-order valence-corrected chi connectivity index (χ3v) is 6.01. The minimum absolute atomic E-state index is 0.0417. The van der Waals surface area contributed by atoms with Crippen molar-refractivity contribution in [2.24, 2.45) is 0 Å². The summed E-state index contributed by atoms with van der Waals surface area (Å²) in [4.78, 5) is 52.2. The van der Waals surface area contributed by atoms with Crippen LogP contribution in [0.1, 0.15) is 20.7 Å². The molecule has 5 rings (SSSR count). The fraction of sp³-hybridized carbons (Fsp3) is 0.0400. The molecule has 1 aromatic heterocycles. The first-order chi connectivity index (χ1) is 16.3. The molecule has 0 fully saturated rings. The van der Waals surface area contributed by atoms with E-state index in [0.29, 0.717) is 15.1 Å². The lowest BCUT2D eigenvalue weighted by molar-refractivity contribution is -0.134. The molecule has 0 radical (unpaired) electrons. The topological polar surface area (TPSA) is 93.9 Å². The molecule has 1 aliphatic rings. The highest BCUT2D eigenvalue weighted by Crippen LogP contribution is 2.32. The summed E-state index contributed by atoms with van der Waals surface area (Å²) in [7, 11) is 0. The number of halogens is 2. The van der Waals surface area contributed by atoms with Gasteiger partial charge in [0.1, 0.15) is 12.1 Å². The standard InChI is InChI=1S/C25H13BrClNO6/c26-14-6-8-16-17(10-14)25(32)28(24(16)31)12-20(29)34-23-21(30)18-11-15(27)7-9-19(18)33-22(23)13-4-2-1-3-5-13/h1-11H,12H2. The van der Waals surface area contributed by atoms with Crippen LogP contribution in [0.2, 0.25) is 5.02 Å². The zero-order chi connectivity index (χ0) is 24.0. The third-order valence-electron chi connectivity index (χ3n) is 5.28. The second kappa shape index (κ2) is 8.55. The van der Waals surface area contributed by atoms with Gasteiger partial charge in [-0.05, 0) is 36.4 Å². The van der Waals surface area contributed by atoms with Crippen LogP contribution < -0.4 is 10.2 Å². The van der Waals surface area contributed by atoms with Crippen LogP contribution >= 0.6 is 27.5 Å². The molecule has 0 spiro atoms. The number of hydrogen-bond acceptors (Lipinski definition) is 6. The monoisotopic (exact) mass is 537 g/mol. The molecule has 34 heavy (non-hydrogen) atoms. The van der Waals surface area contributed by atoms with Crippen LogP contribution in [0.3, 0.4) is 0 Å². The van der Waals surface area contributed by atoms with E-state index in [-0.39, 0.29) is 33.6 Å². The van der Waals surface area contributed by atoms with Gasteiger partial charge in [0, 0.05) is 15.1 Å². The van der Waals surface area contributed by atoms with Gasteiger partial charge in [-0.25, -0.2) is 4.79 Å². The minimum atomic E-state index is -0.973. The van der Waals surface area contributed by atoms with Gasteiger partial charge in [-0.2, -0.15) is 0 Å². The maximum absolute atomic E-state index is 13.2. The van der Waals surface area contributed by atoms with E-state index in [0.717, 1.165) is 4.90 Å². The summed E-state index contributed by atoms with van der Waals surface area (Å²) in [6.45, 7) is -0.675. The number of imide groups is 1. The predicted molar refractivity (Wildman–Crippen MR) is 128 cm³/mol. The van der Waals surface area contributed by atoms with Crippen molar-refractivity contribution in [2.45, 2.75) is 0 Å². The second-order valence-electron chi connectivity index (χ2n) is 7.46. The fourth-order valence-electron chi connectivity index (χ4n) is 3.70. The van der Waals surface area contributed by atoms with Crippen LogP contribution in [0.4, 0.5) is 0 Å². The Hall–Kier alpha value is -3.75. The van der Waals surface area contributed by atoms with Crippen molar-refractivity contribution < 1.29 is 23.5 Å². The van der Waals surface area contributed by atoms with Crippen LogP contribution in [0, 0.1) is 0 Å². The smallest absolute Gasteiger partial charge is 0.331 e. The van der Waals surface area contributed by atoms with E-state index in [4.69, 9.17) is 20.8 Å². The maximum Gasteiger partial charge on any atom is 0.331 e. The molecule has 0 atom stereocenters. The van der Waals surface area contributed by atoms with Crippen molar-refractivity contribution in [1.82, 2.24) is 4.90 Å². The lowest BCUT2D eigenvalue weighted by Gasteiger charge is -2.14. The number of carbonyl (C=O) groups excluding carboxylic acids is 3. The molecule has 4 aromatic rings. The number of hydrogen-bond donors (Lipinski definition) is 0. The maximum atomic E-state index is 13.2. The van der Waals surface area contributed by atoms with Gasteiger partial charge in [-0.3, -0.25) is 19.3 Å². The molecule has 0 saturated heterocycles. The average molecular weight is 539 g/mol. The Morgan fingerprint density at radius 3 is 2.44 bits per heavy atom. The number of carbonyl (C=O) groups is 3. The first-order valence-corrected chi connectivity index (χ1v) is 11.2. The van der Waals surface area contributed by atoms with E-state index in [1.165, 1.54) is 18.2 Å². The molecule has 2 amide bonds. The van der Waals surface area contributed by atoms with E-state index < -0.39 is 29.8 Å². The van der Waals surface area contributed by atoms with Crippen molar-refractivity contribution in [3.05, 3.63) is 97.6 Å². The largest absolute Gasteiger partial charge is 0.452 e. The quantitative estimate of drug-likeness (QED) is 0.266. The Kier molecular flexibility index (Phi) is 5.55.